The summed E-state index contributed by atoms with van der Waals surface area (Å²) in [6.45, 7) is 1.25. The molecule has 0 aromatic carbocycles. The van der Waals surface area contributed by atoms with Crippen molar-refractivity contribution in [1.29, 1.82) is 0 Å². The molecule has 0 amide bonds. The third-order valence-corrected chi connectivity index (χ3v) is 1.70. The zero-order valence-corrected chi connectivity index (χ0v) is 9.57. The van der Waals surface area contributed by atoms with Crippen LogP contribution in [0, 0.1) is 0 Å². The van der Waals surface area contributed by atoms with Gasteiger partial charge < -0.3 is 19.9 Å². The van der Waals surface area contributed by atoms with Gasteiger partial charge in [-0.25, -0.2) is 0 Å². The van der Waals surface area contributed by atoms with Crippen LogP contribution in [-0.4, -0.2) is 53.5 Å². The topological polar surface area (TPSA) is 89.4 Å². The summed E-state index contributed by atoms with van der Waals surface area (Å²) in [5, 5.41) is 11.4. The SMILES string of the molecule is COc1nc(Cl)nc(NCCOCCO)n1. The van der Waals surface area contributed by atoms with E-state index in [0.717, 1.165) is 0 Å². The highest BCUT2D eigenvalue weighted by molar-refractivity contribution is 6.28. The van der Waals surface area contributed by atoms with Gasteiger partial charge in [-0.15, -0.1) is 0 Å². The zero-order valence-electron chi connectivity index (χ0n) is 8.81. The minimum atomic E-state index is 0.00537. The molecule has 0 saturated carbocycles. The number of nitrogens with zero attached hydrogens (tertiary/aromatic N) is 3. The van der Waals surface area contributed by atoms with Gasteiger partial charge in [0.1, 0.15) is 0 Å². The maximum atomic E-state index is 8.47. The predicted molar refractivity (Wildman–Crippen MR) is 57.8 cm³/mol. The van der Waals surface area contributed by atoms with Gasteiger partial charge in [-0.2, -0.15) is 15.0 Å². The van der Waals surface area contributed by atoms with E-state index in [1.54, 1.807) is 0 Å². The van der Waals surface area contributed by atoms with Crippen molar-refractivity contribution in [2.24, 2.45) is 0 Å². The average Bonchev–Trinajstić information content (AvgIpc) is 2.28. The van der Waals surface area contributed by atoms with Gasteiger partial charge in [0.15, 0.2) is 0 Å². The molecule has 0 unspecified atom stereocenters. The van der Waals surface area contributed by atoms with Crippen LogP contribution in [0.5, 0.6) is 6.01 Å². The maximum Gasteiger partial charge on any atom is 0.322 e. The van der Waals surface area contributed by atoms with Gasteiger partial charge in [-0.3, -0.25) is 0 Å². The molecule has 0 aliphatic rings. The molecule has 0 bridgehead atoms. The number of methoxy groups -OCH3 is 1. The van der Waals surface area contributed by atoms with E-state index in [1.165, 1.54) is 7.11 Å². The second kappa shape index (κ2) is 7.15. The minimum absolute atomic E-state index is 0.00537. The van der Waals surface area contributed by atoms with Gasteiger partial charge >= 0.3 is 6.01 Å². The molecule has 0 atom stereocenters. The normalized spacial score (nSPS) is 10.2. The number of anilines is 1. The van der Waals surface area contributed by atoms with Crippen LogP contribution in [0.4, 0.5) is 5.95 Å². The fourth-order valence-corrected chi connectivity index (χ4v) is 1.06. The number of hydrogen-bond acceptors (Lipinski definition) is 7. The Morgan fingerprint density at radius 3 is 2.81 bits per heavy atom. The number of rotatable bonds is 7. The van der Waals surface area contributed by atoms with Crippen LogP contribution in [0.1, 0.15) is 0 Å². The van der Waals surface area contributed by atoms with Crippen molar-refractivity contribution in [3.05, 3.63) is 5.28 Å². The first kappa shape index (κ1) is 12.9. The molecule has 1 aromatic heterocycles. The Balaban J connectivity index is 2.38. The predicted octanol–water partition coefficient (Wildman–Crippen LogP) is -0.0456. The first-order valence-electron chi connectivity index (χ1n) is 4.64. The molecule has 90 valence electrons. The molecule has 1 heterocycles. The molecule has 0 fully saturated rings. The van der Waals surface area contributed by atoms with Crippen LogP contribution >= 0.6 is 11.6 Å². The second-order valence-electron chi connectivity index (χ2n) is 2.68. The number of aromatic nitrogens is 3. The van der Waals surface area contributed by atoms with E-state index in [4.69, 9.17) is 26.2 Å². The number of hydrogen-bond donors (Lipinski definition) is 2. The summed E-state index contributed by atoms with van der Waals surface area (Å²) < 4.78 is 9.87. The summed E-state index contributed by atoms with van der Waals surface area (Å²) in [7, 11) is 1.44. The van der Waals surface area contributed by atoms with E-state index < -0.39 is 0 Å². The average molecular weight is 249 g/mol. The van der Waals surface area contributed by atoms with E-state index in [2.05, 4.69) is 20.3 Å². The van der Waals surface area contributed by atoms with Crippen LogP contribution in [0.3, 0.4) is 0 Å². The Labute approximate surface area is 97.8 Å². The molecule has 2 N–H and O–H groups in total. The van der Waals surface area contributed by atoms with Crippen molar-refractivity contribution < 1.29 is 14.6 Å². The van der Waals surface area contributed by atoms with E-state index in [-0.39, 0.29) is 17.9 Å². The van der Waals surface area contributed by atoms with E-state index in [0.29, 0.717) is 25.7 Å². The minimum Gasteiger partial charge on any atom is -0.467 e. The highest BCUT2D eigenvalue weighted by Gasteiger charge is 2.03. The second-order valence-corrected chi connectivity index (χ2v) is 3.02. The maximum absolute atomic E-state index is 8.47. The van der Waals surface area contributed by atoms with Crippen molar-refractivity contribution >= 4 is 17.5 Å². The van der Waals surface area contributed by atoms with Gasteiger partial charge in [0.2, 0.25) is 11.2 Å². The number of aliphatic hydroxyl groups is 1. The molecule has 1 aromatic rings. The monoisotopic (exact) mass is 248 g/mol. The van der Waals surface area contributed by atoms with Crippen molar-refractivity contribution in [2.45, 2.75) is 0 Å². The van der Waals surface area contributed by atoms with Crippen LogP contribution in [0.25, 0.3) is 0 Å². The summed E-state index contributed by atoms with van der Waals surface area (Å²) >= 11 is 5.64. The third kappa shape index (κ3) is 4.56. The number of nitrogens with one attached hydrogen (secondary N) is 1. The summed E-state index contributed by atoms with van der Waals surface area (Å²) in [6, 6.07) is 0.152. The smallest absolute Gasteiger partial charge is 0.322 e. The highest BCUT2D eigenvalue weighted by atomic mass is 35.5. The van der Waals surface area contributed by atoms with E-state index in [1.807, 2.05) is 0 Å². The first-order valence-corrected chi connectivity index (χ1v) is 5.02. The molecule has 8 heteroatoms. The van der Waals surface area contributed by atoms with Gasteiger partial charge in [0.25, 0.3) is 0 Å². The van der Waals surface area contributed by atoms with E-state index >= 15 is 0 Å². The molecule has 1 rings (SSSR count). The fraction of sp³-hybridized carbons (Fsp3) is 0.625. The van der Waals surface area contributed by atoms with Crippen LogP contribution in [-0.2, 0) is 4.74 Å². The Kier molecular flexibility index (Phi) is 5.76. The molecular formula is C8H13ClN4O3. The Morgan fingerprint density at radius 2 is 2.12 bits per heavy atom. The van der Waals surface area contributed by atoms with Crippen molar-refractivity contribution in [1.82, 2.24) is 15.0 Å². The molecule has 0 saturated heterocycles. The summed E-state index contributed by atoms with van der Waals surface area (Å²) in [4.78, 5) is 11.5. The summed E-state index contributed by atoms with van der Waals surface area (Å²) in [6.07, 6.45) is 0. The lowest BCUT2D eigenvalue weighted by Crippen LogP contribution is -2.13. The fourth-order valence-electron chi connectivity index (χ4n) is 0.904. The molecule has 0 aliphatic heterocycles. The molecular weight excluding hydrogens is 236 g/mol. The number of ether oxygens (including phenoxy) is 2. The first-order chi connectivity index (χ1) is 7.76. The molecule has 0 radical (unpaired) electrons. The molecule has 7 nitrogen and oxygen atoms in total. The quantitative estimate of drug-likeness (QED) is 0.654. The zero-order chi connectivity index (χ0) is 11.8. The third-order valence-electron chi connectivity index (χ3n) is 1.54. The Bertz CT molecular complexity index is 326. The summed E-state index contributed by atoms with van der Waals surface area (Å²) in [5.41, 5.74) is 0. The van der Waals surface area contributed by atoms with Gasteiger partial charge in [0, 0.05) is 6.54 Å². The standard InChI is InChI=1S/C8H13ClN4O3/c1-15-8-12-6(9)11-7(13-8)10-2-4-16-5-3-14/h14H,2-5H2,1H3,(H,10,11,12,13). The van der Waals surface area contributed by atoms with Crippen LogP contribution in [0.15, 0.2) is 0 Å². The Hall–Kier alpha value is -1.18. The lowest BCUT2D eigenvalue weighted by Gasteiger charge is -2.06. The van der Waals surface area contributed by atoms with Crippen molar-refractivity contribution in [3.63, 3.8) is 0 Å². The van der Waals surface area contributed by atoms with Crippen LogP contribution in [0.2, 0.25) is 5.28 Å². The largest absolute Gasteiger partial charge is 0.467 e. The van der Waals surface area contributed by atoms with Crippen molar-refractivity contribution in [2.75, 3.05) is 38.8 Å². The lowest BCUT2D eigenvalue weighted by molar-refractivity contribution is 0.0991. The Morgan fingerprint density at radius 1 is 1.31 bits per heavy atom. The molecule has 0 spiro atoms. The lowest BCUT2D eigenvalue weighted by atomic mass is 10.6. The number of aliphatic hydroxyl groups excluding tert-OH is 1. The van der Waals surface area contributed by atoms with Gasteiger partial charge in [-0.1, -0.05) is 0 Å². The van der Waals surface area contributed by atoms with Gasteiger partial charge in [0.05, 0.1) is 26.9 Å². The van der Waals surface area contributed by atoms with Crippen molar-refractivity contribution in [3.8, 4) is 6.01 Å². The van der Waals surface area contributed by atoms with Gasteiger partial charge in [-0.05, 0) is 11.6 Å². The summed E-state index contributed by atoms with van der Waals surface area (Å²) in [5.74, 6) is 0.324. The molecule has 16 heavy (non-hydrogen) atoms. The molecule has 0 aliphatic carbocycles. The van der Waals surface area contributed by atoms with E-state index in [9.17, 15) is 0 Å². The number of halogens is 1. The highest BCUT2D eigenvalue weighted by Crippen LogP contribution is 2.10. The van der Waals surface area contributed by atoms with Crippen LogP contribution < -0.4 is 10.1 Å².